The number of amides is 3. The van der Waals surface area contributed by atoms with Gasteiger partial charge < -0.3 is 25.5 Å². The smallest absolute Gasteiger partial charge is 0.408 e. The molecule has 0 aliphatic carbocycles. The Morgan fingerprint density at radius 3 is 2.46 bits per heavy atom. The monoisotopic (exact) mass is 563 g/mol. The first-order valence-electron chi connectivity index (χ1n) is 12.7. The van der Waals surface area contributed by atoms with E-state index >= 15 is 8.78 Å². The van der Waals surface area contributed by atoms with E-state index in [4.69, 9.17) is 16.3 Å². The number of ether oxygens (including phenoxy) is 1. The summed E-state index contributed by atoms with van der Waals surface area (Å²) in [7, 11) is 0. The molecule has 0 aromatic heterocycles. The Hall–Kier alpha value is -3.53. The molecule has 11 heteroatoms. The van der Waals surface area contributed by atoms with Crippen LogP contribution in [0.4, 0.5) is 13.6 Å². The van der Waals surface area contributed by atoms with Crippen LogP contribution in [0.1, 0.15) is 50.3 Å². The van der Waals surface area contributed by atoms with Crippen LogP contribution in [-0.4, -0.2) is 42.8 Å². The van der Waals surface area contributed by atoms with Crippen LogP contribution < -0.4 is 16.0 Å². The van der Waals surface area contributed by atoms with E-state index in [1.807, 2.05) is 13.8 Å². The van der Waals surface area contributed by atoms with Crippen molar-refractivity contribution < 1.29 is 32.7 Å². The van der Waals surface area contributed by atoms with Crippen LogP contribution in [-0.2, 0) is 25.0 Å². The number of carbonyl (C=O) groups excluding carboxylic acids is 4. The minimum atomic E-state index is -3.66. The normalized spacial score (nSPS) is 17.6. The molecule has 3 N–H and O–H groups in total. The minimum Gasteiger partial charge on any atom is -0.434 e. The molecule has 210 valence electrons. The summed E-state index contributed by atoms with van der Waals surface area (Å²) >= 11 is 5.93. The molecule has 1 fully saturated rings. The van der Waals surface area contributed by atoms with Gasteiger partial charge in [-0.25, -0.2) is 4.79 Å². The standard InChI is InChI=1S/C28H32ClF2N3O5/c1-17(2)13-23(26(37)33-22(16-35)14-19-11-12-32-25(19)36)34-27(38)39-24(18-7-4-3-5-8-18)28(30,31)20-9-6-10-21(29)15-20/h3-10,15-17,19,22-24H,11-14H2,1-2H3,(H,32,36)(H,33,37)(H,34,38). The van der Waals surface area contributed by atoms with Crippen LogP contribution in [0.5, 0.6) is 0 Å². The maximum atomic E-state index is 15.7. The zero-order valence-corrected chi connectivity index (χ0v) is 22.4. The Morgan fingerprint density at radius 2 is 1.87 bits per heavy atom. The number of hydrogen-bond donors (Lipinski definition) is 3. The molecular weight excluding hydrogens is 532 g/mol. The number of carbonyl (C=O) groups is 4. The molecule has 3 amide bonds. The fraction of sp³-hybridized carbons (Fsp3) is 0.429. The highest BCUT2D eigenvalue weighted by molar-refractivity contribution is 6.30. The van der Waals surface area contributed by atoms with Crippen molar-refractivity contribution >= 4 is 35.8 Å². The van der Waals surface area contributed by atoms with Crippen molar-refractivity contribution in [2.75, 3.05) is 6.54 Å². The van der Waals surface area contributed by atoms with Crippen LogP contribution in [0.25, 0.3) is 0 Å². The second-order valence-electron chi connectivity index (χ2n) is 9.92. The average molecular weight is 564 g/mol. The molecule has 0 saturated carbocycles. The third-order valence-corrected chi connectivity index (χ3v) is 6.61. The Balaban J connectivity index is 1.77. The van der Waals surface area contributed by atoms with E-state index in [0.717, 1.165) is 6.07 Å². The van der Waals surface area contributed by atoms with Crippen molar-refractivity contribution in [1.82, 2.24) is 16.0 Å². The van der Waals surface area contributed by atoms with E-state index < -0.39 is 47.6 Å². The summed E-state index contributed by atoms with van der Waals surface area (Å²) in [5.74, 6) is -5.03. The molecule has 0 spiro atoms. The van der Waals surface area contributed by atoms with E-state index in [1.54, 1.807) is 6.07 Å². The van der Waals surface area contributed by atoms with Gasteiger partial charge in [0.2, 0.25) is 11.8 Å². The van der Waals surface area contributed by atoms with Gasteiger partial charge in [-0.3, -0.25) is 9.59 Å². The van der Waals surface area contributed by atoms with E-state index in [0.29, 0.717) is 19.3 Å². The predicted molar refractivity (Wildman–Crippen MR) is 141 cm³/mol. The number of rotatable bonds is 12. The van der Waals surface area contributed by atoms with Gasteiger partial charge in [-0.1, -0.05) is 67.9 Å². The summed E-state index contributed by atoms with van der Waals surface area (Å²) in [5, 5.41) is 7.71. The quantitative estimate of drug-likeness (QED) is 0.329. The van der Waals surface area contributed by atoms with Crippen LogP contribution in [0.3, 0.4) is 0 Å². The van der Waals surface area contributed by atoms with Gasteiger partial charge in [-0.05, 0) is 42.9 Å². The van der Waals surface area contributed by atoms with Gasteiger partial charge in [0.15, 0.2) is 6.10 Å². The highest BCUT2D eigenvalue weighted by Crippen LogP contribution is 2.43. The van der Waals surface area contributed by atoms with Gasteiger partial charge in [-0.15, -0.1) is 0 Å². The number of halogens is 3. The van der Waals surface area contributed by atoms with Crippen molar-refractivity contribution in [1.29, 1.82) is 0 Å². The molecule has 4 atom stereocenters. The summed E-state index contributed by atoms with van der Waals surface area (Å²) in [6.07, 6.45) is -1.92. The van der Waals surface area contributed by atoms with Gasteiger partial charge in [0, 0.05) is 23.0 Å². The van der Waals surface area contributed by atoms with Crippen molar-refractivity contribution in [3.63, 3.8) is 0 Å². The lowest BCUT2D eigenvalue weighted by Crippen LogP contribution is -2.51. The van der Waals surface area contributed by atoms with E-state index in [1.165, 1.54) is 42.5 Å². The number of aldehydes is 1. The average Bonchev–Trinajstić information content (AvgIpc) is 3.30. The summed E-state index contributed by atoms with van der Waals surface area (Å²) in [5.41, 5.74) is -0.406. The van der Waals surface area contributed by atoms with E-state index in [2.05, 4.69) is 16.0 Å². The molecule has 1 saturated heterocycles. The van der Waals surface area contributed by atoms with Crippen LogP contribution in [0, 0.1) is 11.8 Å². The molecule has 1 aliphatic heterocycles. The number of hydrogen-bond acceptors (Lipinski definition) is 5. The molecular formula is C28H32ClF2N3O5. The molecule has 2 aromatic rings. The molecule has 1 aliphatic rings. The van der Waals surface area contributed by atoms with Gasteiger partial charge in [0.25, 0.3) is 0 Å². The lowest BCUT2D eigenvalue weighted by molar-refractivity contribution is -0.129. The zero-order valence-electron chi connectivity index (χ0n) is 21.7. The predicted octanol–water partition coefficient (Wildman–Crippen LogP) is 4.52. The van der Waals surface area contributed by atoms with Crippen LogP contribution in [0.2, 0.25) is 5.02 Å². The number of nitrogens with one attached hydrogen (secondary N) is 3. The molecule has 4 unspecified atom stereocenters. The third kappa shape index (κ3) is 8.23. The lowest BCUT2D eigenvalue weighted by atomic mass is 9.97. The van der Waals surface area contributed by atoms with Gasteiger partial charge in [-0.2, -0.15) is 8.78 Å². The summed E-state index contributed by atoms with van der Waals surface area (Å²) in [6, 6.07) is 10.5. The maximum absolute atomic E-state index is 15.7. The molecule has 2 aromatic carbocycles. The molecule has 0 bridgehead atoms. The van der Waals surface area contributed by atoms with Crippen molar-refractivity contribution in [3.8, 4) is 0 Å². The van der Waals surface area contributed by atoms with Crippen molar-refractivity contribution in [3.05, 3.63) is 70.7 Å². The Bertz CT molecular complexity index is 1160. The molecule has 39 heavy (non-hydrogen) atoms. The second-order valence-corrected chi connectivity index (χ2v) is 10.4. The SMILES string of the molecule is CC(C)CC(NC(=O)OC(c1ccccc1)C(F)(F)c1cccc(Cl)c1)C(=O)NC(C=O)CC1CCNC1=O. The zero-order chi connectivity index (χ0) is 28.6. The maximum Gasteiger partial charge on any atom is 0.408 e. The van der Waals surface area contributed by atoms with E-state index in [-0.39, 0.29) is 35.3 Å². The minimum absolute atomic E-state index is 0.0401. The molecule has 1 heterocycles. The number of alkyl carbamates (subject to hydrolysis) is 1. The first-order valence-corrected chi connectivity index (χ1v) is 13.1. The Morgan fingerprint density at radius 1 is 1.15 bits per heavy atom. The highest BCUT2D eigenvalue weighted by atomic mass is 35.5. The second kappa shape index (κ2) is 13.5. The summed E-state index contributed by atoms with van der Waals surface area (Å²) in [4.78, 5) is 49.5. The van der Waals surface area contributed by atoms with E-state index in [9.17, 15) is 19.2 Å². The first-order chi connectivity index (χ1) is 18.5. The largest absolute Gasteiger partial charge is 0.434 e. The molecule has 8 nitrogen and oxygen atoms in total. The summed E-state index contributed by atoms with van der Waals surface area (Å²) in [6.45, 7) is 4.12. The van der Waals surface area contributed by atoms with Crippen molar-refractivity contribution in [2.24, 2.45) is 11.8 Å². The van der Waals surface area contributed by atoms with Gasteiger partial charge in [0.1, 0.15) is 12.3 Å². The highest BCUT2D eigenvalue weighted by Gasteiger charge is 2.46. The van der Waals surface area contributed by atoms with Gasteiger partial charge in [0.05, 0.1) is 6.04 Å². The Labute approximate surface area is 230 Å². The number of benzene rings is 2. The fourth-order valence-corrected chi connectivity index (χ4v) is 4.61. The molecule has 3 rings (SSSR count). The molecule has 0 radical (unpaired) electrons. The topological polar surface area (TPSA) is 114 Å². The third-order valence-electron chi connectivity index (χ3n) is 6.37. The van der Waals surface area contributed by atoms with Crippen LogP contribution in [0.15, 0.2) is 54.6 Å². The lowest BCUT2D eigenvalue weighted by Gasteiger charge is -2.29. The van der Waals surface area contributed by atoms with Crippen LogP contribution >= 0.6 is 11.6 Å². The fourth-order valence-electron chi connectivity index (χ4n) is 4.42. The van der Waals surface area contributed by atoms with Gasteiger partial charge >= 0.3 is 12.0 Å². The number of alkyl halides is 2. The Kier molecular flexibility index (Phi) is 10.4. The summed E-state index contributed by atoms with van der Waals surface area (Å²) < 4.78 is 36.6. The van der Waals surface area contributed by atoms with Crippen molar-refractivity contribution in [2.45, 2.75) is 57.2 Å². The first kappa shape index (κ1) is 30.0.